The highest BCUT2D eigenvalue weighted by molar-refractivity contribution is 7.80. The Hall–Kier alpha value is -1.59. The van der Waals surface area contributed by atoms with Crippen LogP contribution in [0.2, 0.25) is 0 Å². The van der Waals surface area contributed by atoms with Crippen LogP contribution in [0.3, 0.4) is 0 Å². The van der Waals surface area contributed by atoms with Gasteiger partial charge in [0.05, 0.1) is 7.11 Å². The monoisotopic (exact) mass is 292 g/mol. The van der Waals surface area contributed by atoms with Crippen molar-refractivity contribution in [2.45, 2.75) is 13.5 Å². The minimum atomic E-state index is 0.382. The second-order valence-electron chi connectivity index (χ2n) is 4.21. The van der Waals surface area contributed by atoms with Gasteiger partial charge in [-0.15, -0.1) is 0 Å². The van der Waals surface area contributed by atoms with Crippen molar-refractivity contribution in [2.24, 2.45) is 5.73 Å². The van der Waals surface area contributed by atoms with Crippen LogP contribution in [0.25, 0.3) is 0 Å². The Balaban J connectivity index is 2.22. The Kier molecular flexibility index (Phi) is 4.39. The van der Waals surface area contributed by atoms with Crippen molar-refractivity contribution in [3.8, 4) is 5.75 Å². The van der Waals surface area contributed by atoms with Crippen LogP contribution in [0.5, 0.6) is 5.75 Å². The van der Waals surface area contributed by atoms with Gasteiger partial charge in [0.2, 0.25) is 0 Å². The summed E-state index contributed by atoms with van der Waals surface area (Å²) in [5.74, 6) is 0.782. The predicted molar refractivity (Wildman–Crippen MR) is 85.3 cm³/mol. The first-order valence-corrected chi connectivity index (χ1v) is 7.20. The van der Waals surface area contributed by atoms with E-state index in [-0.39, 0.29) is 0 Å². The van der Waals surface area contributed by atoms with E-state index in [1.165, 1.54) is 11.1 Å². The molecule has 0 amide bonds. The maximum Gasteiger partial charge on any atom is 0.120 e. The molecule has 0 aliphatic carbocycles. The van der Waals surface area contributed by atoms with Crippen molar-refractivity contribution in [2.75, 3.05) is 12.4 Å². The fraction of sp³-hybridized carbons (Fsp3) is 0.214. The van der Waals surface area contributed by atoms with Crippen molar-refractivity contribution in [3.05, 3.63) is 45.6 Å². The Morgan fingerprint density at radius 1 is 1.42 bits per heavy atom. The number of nitrogens with one attached hydrogen (secondary N) is 1. The molecule has 0 saturated carbocycles. The number of benzene rings is 1. The van der Waals surface area contributed by atoms with Crippen molar-refractivity contribution < 1.29 is 4.74 Å². The molecule has 2 aromatic rings. The van der Waals surface area contributed by atoms with Crippen molar-refractivity contribution in [3.63, 3.8) is 0 Å². The van der Waals surface area contributed by atoms with Crippen molar-refractivity contribution >= 4 is 34.2 Å². The highest BCUT2D eigenvalue weighted by Gasteiger charge is 2.07. The van der Waals surface area contributed by atoms with Crippen molar-refractivity contribution in [1.29, 1.82) is 0 Å². The summed E-state index contributed by atoms with van der Waals surface area (Å²) in [7, 11) is 1.64. The maximum atomic E-state index is 5.74. The number of thiocarbonyl (C=S) groups is 1. The first-order valence-electron chi connectivity index (χ1n) is 5.85. The summed E-state index contributed by atoms with van der Waals surface area (Å²) in [5.41, 5.74) is 10.0. The Morgan fingerprint density at radius 3 is 2.79 bits per heavy atom. The first kappa shape index (κ1) is 13.8. The van der Waals surface area contributed by atoms with E-state index in [1.54, 1.807) is 18.4 Å². The average Bonchev–Trinajstić information content (AvgIpc) is 2.81. The molecule has 19 heavy (non-hydrogen) atoms. The number of hydrogen-bond donors (Lipinski definition) is 2. The second-order valence-corrected chi connectivity index (χ2v) is 5.39. The molecule has 3 nitrogen and oxygen atoms in total. The molecule has 0 aliphatic rings. The Morgan fingerprint density at radius 2 is 2.21 bits per heavy atom. The summed E-state index contributed by atoms with van der Waals surface area (Å²) in [5, 5.41) is 7.65. The summed E-state index contributed by atoms with van der Waals surface area (Å²) in [4.78, 5) is 0.382. The average molecular weight is 292 g/mol. The maximum absolute atomic E-state index is 5.74. The summed E-state index contributed by atoms with van der Waals surface area (Å²) in [6.45, 7) is 2.85. The lowest BCUT2D eigenvalue weighted by atomic mass is 10.1. The van der Waals surface area contributed by atoms with E-state index in [1.807, 2.05) is 18.2 Å². The molecule has 1 aromatic carbocycles. The van der Waals surface area contributed by atoms with Gasteiger partial charge in [-0.2, -0.15) is 11.3 Å². The molecule has 0 atom stereocenters. The van der Waals surface area contributed by atoms with Crippen molar-refractivity contribution in [1.82, 2.24) is 0 Å². The van der Waals surface area contributed by atoms with Gasteiger partial charge in [0.15, 0.2) is 0 Å². The molecular weight excluding hydrogens is 276 g/mol. The van der Waals surface area contributed by atoms with Crippen LogP contribution in [0.1, 0.15) is 16.7 Å². The van der Waals surface area contributed by atoms with E-state index >= 15 is 0 Å². The van der Waals surface area contributed by atoms with Crippen LogP contribution in [0.4, 0.5) is 5.69 Å². The van der Waals surface area contributed by atoms with Crippen LogP contribution >= 0.6 is 23.6 Å². The molecule has 0 aliphatic heterocycles. The number of thiophene rings is 1. The van der Waals surface area contributed by atoms with Crippen LogP contribution in [0, 0.1) is 6.92 Å². The number of anilines is 1. The Labute approximate surface area is 122 Å². The highest BCUT2D eigenvalue weighted by atomic mass is 32.1. The van der Waals surface area contributed by atoms with Gasteiger partial charge in [-0.05, 0) is 40.9 Å². The number of aryl methyl sites for hydroxylation is 1. The van der Waals surface area contributed by atoms with E-state index in [9.17, 15) is 0 Å². The molecular formula is C14H16N2OS2. The van der Waals surface area contributed by atoms with Crippen LogP contribution in [-0.4, -0.2) is 12.1 Å². The molecule has 100 valence electrons. The third kappa shape index (κ3) is 3.24. The molecule has 0 radical (unpaired) electrons. The zero-order chi connectivity index (χ0) is 13.8. The number of nitrogens with two attached hydrogens (primary N) is 1. The van der Waals surface area contributed by atoms with Gasteiger partial charge in [-0.3, -0.25) is 0 Å². The lowest BCUT2D eigenvalue weighted by molar-refractivity contribution is 0.415. The van der Waals surface area contributed by atoms with Gasteiger partial charge >= 0.3 is 0 Å². The minimum absolute atomic E-state index is 0.382. The third-order valence-corrected chi connectivity index (χ3v) is 4.05. The van der Waals surface area contributed by atoms with Crippen LogP contribution in [-0.2, 0) is 6.54 Å². The molecule has 0 unspecified atom stereocenters. The van der Waals surface area contributed by atoms with Gasteiger partial charge in [0, 0.05) is 23.9 Å². The zero-order valence-corrected chi connectivity index (χ0v) is 12.5. The molecule has 3 N–H and O–H groups in total. The van der Waals surface area contributed by atoms with E-state index in [0.29, 0.717) is 4.99 Å². The van der Waals surface area contributed by atoms with Gasteiger partial charge in [-0.25, -0.2) is 0 Å². The highest BCUT2D eigenvalue weighted by Crippen LogP contribution is 2.24. The normalized spacial score (nSPS) is 10.2. The number of hydrogen-bond acceptors (Lipinski definition) is 4. The van der Waals surface area contributed by atoms with E-state index in [0.717, 1.165) is 23.5 Å². The molecule has 0 spiro atoms. The topological polar surface area (TPSA) is 47.3 Å². The zero-order valence-electron chi connectivity index (χ0n) is 10.9. The Bertz CT molecular complexity index is 593. The molecule has 1 aromatic heterocycles. The molecule has 0 saturated heterocycles. The smallest absolute Gasteiger partial charge is 0.120 e. The fourth-order valence-electron chi connectivity index (χ4n) is 1.77. The van der Waals surface area contributed by atoms with Crippen LogP contribution in [0.15, 0.2) is 29.0 Å². The van der Waals surface area contributed by atoms with Gasteiger partial charge < -0.3 is 15.8 Å². The largest absolute Gasteiger partial charge is 0.497 e. The molecule has 2 rings (SSSR count). The predicted octanol–water partition coefficient (Wildman–Crippen LogP) is 3.31. The molecule has 0 fully saturated rings. The summed E-state index contributed by atoms with van der Waals surface area (Å²) in [6.07, 6.45) is 0. The summed E-state index contributed by atoms with van der Waals surface area (Å²) in [6, 6.07) is 5.65. The van der Waals surface area contributed by atoms with Gasteiger partial charge in [0.1, 0.15) is 10.7 Å². The lowest BCUT2D eigenvalue weighted by Gasteiger charge is -2.12. The molecule has 0 bridgehead atoms. The minimum Gasteiger partial charge on any atom is -0.497 e. The second kappa shape index (κ2) is 6.04. The fourth-order valence-corrected chi connectivity index (χ4v) is 2.80. The summed E-state index contributed by atoms with van der Waals surface area (Å²) < 4.78 is 5.23. The number of methoxy groups -OCH3 is 1. The molecule has 5 heteroatoms. The van der Waals surface area contributed by atoms with Gasteiger partial charge in [0.25, 0.3) is 0 Å². The number of ether oxygens (including phenoxy) is 1. The van der Waals surface area contributed by atoms with E-state index in [2.05, 4.69) is 23.0 Å². The quantitative estimate of drug-likeness (QED) is 0.830. The first-order chi connectivity index (χ1) is 9.11. The van der Waals surface area contributed by atoms with Gasteiger partial charge in [-0.1, -0.05) is 12.2 Å². The van der Waals surface area contributed by atoms with Crippen LogP contribution < -0.4 is 15.8 Å². The number of rotatable bonds is 5. The SMILES string of the molecule is COc1ccc(C(N)=S)c(NCc2cscc2C)c1. The molecule has 1 heterocycles. The van der Waals surface area contributed by atoms with E-state index < -0.39 is 0 Å². The lowest BCUT2D eigenvalue weighted by Crippen LogP contribution is -2.13. The standard InChI is InChI=1S/C14H16N2OS2/c1-9-7-19-8-10(9)6-16-13-5-11(17-2)3-4-12(13)14(15)18/h3-5,7-8,16H,6H2,1-2H3,(H2,15,18). The third-order valence-electron chi connectivity index (χ3n) is 2.92. The van der Waals surface area contributed by atoms with E-state index in [4.69, 9.17) is 22.7 Å². The summed E-state index contributed by atoms with van der Waals surface area (Å²) >= 11 is 6.77.